The van der Waals surface area contributed by atoms with E-state index in [1.807, 2.05) is 41.9 Å². The minimum absolute atomic E-state index is 0.290. The number of nitrogens with zero attached hydrogens (tertiary/aromatic N) is 1. The van der Waals surface area contributed by atoms with Gasteiger partial charge < -0.3 is 24.7 Å². The highest BCUT2D eigenvalue weighted by Crippen LogP contribution is 2.31. The molecule has 0 saturated carbocycles. The van der Waals surface area contributed by atoms with Crippen LogP contribution in [0.15, 0.2) is 64.6 Å². The van der Waals surface area contributed by atoms with E-state index in [0.29, 0.717) is 29.2 Å². The number of benzene rings is 1. The number of nitrogens with one attached hydrogen (secondary N) is 1. The van der Waals surface area contributed by atoms with Crippen molar-refractivity contribution in [2.24, 2.45) is 0 Å². The van der Waals surface area contributed by atoms with Crippen molar-refractivity contribution in [2.75, 3.05) is 19.7 Å². The molecular weight excluding hydrogens is 472 g/mol. The lowest BCUT2D eigenvalue weighted by Gasteiger charge is -2.09. The molecule has 0 radical (unpaired) electrons. The first-order chi connectivity index (χ1) is 16.7. The number of sulfone groups is 1. The standard InChI is InChI=1S/C23H30N2O3S.C2H2O4/c1-3-5-14-24-15-8-17-28-20-10-12-21(13-11-20)29(26,27)23-19(4-2)18-25-16-7-6-9-22(23)25;3-1(4)2(5)6/h6-7,9-13,16,18,24H,3-5,8,14-15,17H2,1-2H3;(H,3,4)(H,5,6). The summed E-state index contributed by atoms with van der Waals surface area (Å²) in [6, 6.07) is 12.4. The second-order valence-electron chi connectivity index (χ2n) is 7.72. The molecule has 0 aliphatic carbocycles. The molecule has 0 aliphatic rings. The fraction of sp³-hybridized carbons (Fsp3) is 0.360. The highest BCUT2D eigenvalue weighted by Gasteiger charge is 2.25. The Labute approximate surface area is 205 Å². The number of carboxylic acid groups (broad SMARTS) is 2. The Balaban J connectivity index is 0.000000641. The average Bonchev–Trinajstić information content (AvgIpc) is 3.24. The SMILES string of the molecule is CCCCNCCCOc1ccc(S(=O)(=O)c2c(CC)cn3ccccc23)cc1.O=C(O)C(=O)O. The molecule has 2 aromatic heterocycles. The van der Waals surface area contributed by atoms with Gasteiger partial charge in [0.2, 0.25) is 9.84 Å². The molecule has 0 saturated heterocycles. The Morgan fingerprint density at radius 2 is 1.63 bits per heavy atom. The van der Waals surface area contributed by atoms with Gasteiger partial charge in [0.25, 0.3) is 0 Å². The van der Waals surface area contributed by atoms with Crippen LogP contribution in [0, 0.1) is 0 Å². The number of hydrogen-bond acceptors (Lipinski definition) is 6. The van der Waals surface area contributed by atoms with Crippen molar-refractivity contribution in [1.29, 1.82) is 0 Å². The summed E-state index contributed by atoms with van der Waals surface area (Å²) in [7, 11) is -3.61. The van der Waals surface area contributed by atoms with E-state index in [0.717, 1.165) is 25.1 Å². The molecule has 190 valence electrons. The van der Waals surface area contributed by atoms with Gasteiger partial charge in [-0.25, -0.2) is 18.0 Å². The van der Waals surface area contributed by atoms with Crippen LogP contribution in [0.3, 0.4) is 0 Å². The van der Waals surface area contributed by atoms with Crippen LogP contribution in [0.4, 0.5) is 0 Å². The number of aromatic nitrogens is 1. The van der Waals surface area contributed by atoms with Gasteiger partial charge in [-0.1, -0.05) is 26.3 Å². The number of aliphatic carboxylic acids is 2. The van der Waals surface area contributed by atoms with Crippen LogP contribution >= 0.6 is 0 Å². The number of carboxylic acids is 2. The maximum atomic E-state index is 13.3. The van der Waals surface area contributed by atoms with Crippen molar-refractivity contribution in [3.05, 3.63) is 60.4 Å². The molecule has 0 fully saturated rings. The summed E-state index contributed by atoms with van der Waals surface area (Å²) in [6.07, 6.45) is 7.73. The zero-order valence-electron chi connectivity index (χ0n) is 19.9. The van der Waals surface area contributed by atoms with Crippen molar-refractivity contribution < 1.29 is 33.0 Å². The van der Waals surface area contributed by atoms with E-state index >= 15 is 0 Å². The zero-order chi connectivity index (χ0) is 25.8. The minimum Gasteiger partial charge on any atom is -0.494 e. The van der Waals surface area contributed by atoms with Gasteiger partial charge in [0.15, 0.2) is 0 Å². The predicted octanol–water partition coefficient (Wildman–Crippen LogP) is 3.65. The summed E-state index contributed by atoms with van der Waals surface area (Å²) >= 11 is 0. The van der Waals surface area contributed by atoms with Crippen molar-refractivity contribution in [3.8, 4) is 5.75 Å². The first-order valence-corrected chi connectivity index (χ1v) is 12.9. The second kappa shape index (κ2) is 13.5. The Kier molecular flexibility index (Phi) is 10.8. The molecule has 3 rings (SSSR count). The molecule has 35 heavy (non-hydrogen) atoms. The van der Waals surface area contributed by atoms with Crippen LogP contribution in [0.5, 0.6) is 5.75 Å². The molecule has 2 heterocycles. The molecule has 10 heteroatoms. The highest BCUT2D eigenvalue weighted by atomic mass is 32.2. The molecule has 0 spiro atoms. The third-order valence-corrected chi connectivity index (χ3v) is 7.05. The van der Waals surface area contributed by atoms with E-state index in [2.05, 4.69) is 12.2 Å². The van der Waals surface area contributed by atoms with Crippen LogP contribution in [-0.4, -0.2) is 54.7 Å². The molecule has 1 aromatic carbocycles. The van der Waals surface area contributed by atoms with Gasteiger partial charge >= 0.3 is 11.9 Å². The Morgan fingerprint density at radius 3 is 2.23 bits per heavy atom. The smallest absolute Gasteiger partial charge is 0.414 e. The maximum Gasteiger partial charge on any atom is 0.414 e. The number of unbranched alkanes of at least 4 members (excludes halogenated alkanes) is 1. The third kappa shape index (κ3) is 7.83. The third-order valence-electron chi connectivity index (χ3n) is 5.15. The van der Waals surface area contributed by atoms with Gasteiger partial charge in [-0.05, 0) is 74.3 Å². The fourth-order valence-corrected chi connectivity index (χ4v) is 5.08. The molecule has 9 nitrogen and oxygen atoms in total. The minimum atomic E-state index is -3.61. The molecule has 0 bridgehead atoms. The Morgan fingerprint density at radius 1 is 0.971 bits per heavy atom. The number of carbonyl (C=O) groups is 2. The highest BCUT2D eigenvalue weighted by molar-refractivity contribution is 7.91. The zero-order valence-corrected chi connectivity index (χ0v) is 20.8. The number of aryl methyl sites for hydroxylation is 1. The molecular formula is C25H32N2O7S. The lowest BCUT2D eigenvalue weighted by Crippen LogP contribution is -2.18. The van der Waals surface area contributed by atoms with E-state index in [-0.39, 0.29) is 4.90 Å². The summed E-state index contributed by atoms with van der Waals surface area (Å²) < 4.78 is 34.3. The van der Waals surface area contributed by atoms with Crippen molar-refractivity contribution in [1.82, 2.24) is 9.72 Å². The molecule has 3 N–H and O–H groups in total. The van der Waals surface area contributed by atoms with Crippen LogP contribution in [-0.2, 0) is 25.8 Å². The van der Waals surface area contributed by atoms with Gasteiger partial charge in [-0.2, -0.15) is 0 Å². The Hall–Kier alpha value is -3.37. The summed E-state index contributed by atoms with van der Waals surface area (Å²) in [5.41, 5.74) is 1.53. The van der Waals surface area contributed by atoms with E-state index in [9.17, 15) is 8.42 Å². The van der Waals surface area contributed by atoms with Crippen LogP contribution in [0.25, 0.3) is 5.52 Å². The predicted molar refractivity (Wildman–Crippen MR) is 132 cm³/mol. The lowest BCUT2D eigenvalue weighted by molar-refractivity contribution is -0.159. The number of pyridine rings is 1. The largest absolute Gasteiger partial charge is 0.494 e. The summed E-state index contributed by atoms with van der Waals surface area (Å²) in [5, 5.41) is 18.2. The monoisotopic (exact) mass is 504 g/mol. The summed E-state index contributed by atoms with van der Waals surface area (Å²) in [5.74, 6) is -2.96. The van der Waals surface area contributed by atoms with Gasteiger partial charge in [0.05, 0.1) is 17.0 Å². The van der Waals surface area contributed by atoms with Crippen LogP contribution in [0.1, 0.15) is 38.7 Å². The molecule has 3 aromatic rings. The van der Waals surface area contributed by atoms with E-state index in [1.165, 1.54) is 12.8 Å². The van der Waals surface area contributed by atoms with E-state index in [1.54, 1.807) is 24.3 Å². The molecule has 0 amide bonds. The van der Waals surface area contributed by atoms with Gasteiger partial charge in [-0.15, -0.1) is 0 Å². The molecule has 0 atom stereocenters. The first-order valence-electron chi connectivity index (χ1n) is 11.5. The molecule has 0 unspecified atom stereocenters. The number of fused-ring (bicyclic) bond motifs is 1. The van der Waals surface area contributed by atoms with E-state index < -0.39 is 21.8 Å². The number of ether oxygens (including phenoxy) is 1. The summed E-state index contributed by atoms with van der Waals surface area (Å²) in [6.45, 7) is 6.72. The van der Waals surface area contributed by atoms with Gasteiger partial charge in [-0.3, -0.25) is 0 Å². The first kappa shape index (κ1) is 27.9. The lowest BCUT2D eigenvalue weighted by atomic mass is 10.2. The second-order valence-corrected chi connectivity index (χ2v) is 9.61. The van der Waals surface area contributed by atoms with Crippen molar-refractivity contribution in [2.45, 2.75) is 49.3 Å². The van der Waals surface area contributed by atoms with Crippen molar-refractivity contribution in [3.63, 3.8) is 0 Å². The quantitative estimate of drug-likeness (QED) is 0.266. The average molecular weight is 505 g/mol. The normalized spacial score (nSPS) is 11.0. The van der Waals surface area contributed by atoms with Crippen LogP contribution < -0.4 is 10.1 Å². The van der Waals surface area contributed by atoms with Gasteiger partial charge in [0, 0.05) is 12.4 Å². The van der Waals surface area contributed by atoms with E-state index in [4.69, 9.17) is 24.5 Å². The summed E-state index contributed by atoms with van der Waals surface area (Å²) in [4.78, 5) is 18.9. The fourth-order valence-electron chi connectivity index (χ4n) is 3.36. The van der Waals surface area contributed by atoms with Crippen molar-refractivity contribution >= 4 is 27.3 Å². The number of rotatable bonds is 11. The molecule has 0 aliphatic heterocycles. The maximum absolute atomic E-state index is 13.3. The topological polar surface area (TPSA) is 134 Å². The van der Waals surface area contributed by atoms with Gasteiger partial charge in [0.1, 0.15) is 10.6 Å². The van der Waals surface area contributed by atoms with Crippen LogP contribution in [0.2, 0.25) is 0 Å². The Bertz CT molecular complexity index is 1210. The number of hydrogen-bond donors (Lipinski definition) is 3.